The van der Waals surface area contributed by atoms with Crippen LogP contribution in [0.15, 0.2) is 35.9 Å². The van der Waals surface area contributed by atoms with Gasteiger partial charge in [-0.15, -0.1) is 0 Å². The van der Waals surface area contributed by atoms with Crippen LogP contribution in [0.5, 0.6) is 0 Å². The van der Waals surface area contributed by atoms with Crippen molar-refractivity contribution in [3.8, 4) is 0 Å². The smallest absolute Gasteiger partial charge is 0.00699 e. The van der Waals surface area contributed by atoms with Gasteiger partial charge >= 0.3 is 0 Å². The van der Waals surface area contributed by atoms with Gasteiger partial charge < -0.3 is 0 Å². The minimum absolute atomic E-state index is 0.626. The monoisotopic (exact) mass is 188 g/mol. The Kier molecular flexibility index (Phi) is 3.94. The maximum Gasteiger partial charge on any atom is -0.00699 e. The zero-order valence-electron chi connectivity index (χ0n) is 9.67. The van der Waals surface area contributed by atoms with Gasteiger partial charge in [0.25, 0.3) is 0 Å². The fraction of sp³-hybridized carbons (Fsp3) is 0.429. The molecule has 0 saturated carbocycles. The minimum Gasteiger partial charge on any atom is -0.0884 e. The first-order chi connectivity index (χ1) is 6.63. The fourth-order valence-electron chi connectivity index (χ4n) is 1.49. The molecule has 0 spiro atoms. The van der Waals surface area contributed by atoms with E-state index in [1.165, 1.54) is 16.7 Å². The molecule has 0 aliphatic heterocycles. The molecule has 0 radical (unpaired) electrons. The summed E-state index contributed by atoms with van der Waals surface area (Å²) in [4.78, 5) is 0. The van der Waals surface area contributed by atoms with Crippen molar-refractivity contribution >= 4 is 0 Å². The van der Waals surface area contributed by atoms with Gasteiger partial charge in [0.05, 0.1) is 0 Å². The Morgan fingerprint density at radius 1 is 1.36 bits per heavy atom. The Balaban J connectivity index is 2.84. The molecule has 0 saturated heterocycles. The van der Waals surface area contributed by atoms with Gasteiger partial charge in [-0.25, -0.2) is 0 Å². The summed E-state index contributed by atoms with van der Waals surface area (Å²) in [6, 6.07) is 8.89. The Hall–Kier alpha value is -1.04. The van der Waals surface area contributed by atoms with Crippen molar-refractivity contribution < 1.29 is 0 Å². The average molecular weight is 188 g/mol. The van der Waals surface area contributed by atoms with Crippen molar-refractivity contribution in [3.63, 3.8) is 0 Å². The quantitative estimate of drug-likeness (QED) is 0.620. The molecular formula is C14H20. The van der Waals surface area contributed by atoms with Crippen molar-refractivity contribution in [1.82, 2.24) is 0 Å². The summed E-state index contributed by atoms with van der Waals surface area (Å²) >= 11 is 0. The molecule has 0 bridgehead atoms. The van der Waals surface area contributed by atoms with E-state index in [4.69, 9.17) is 0 Å². The highest BCUT2D eigenvalue weighted by Crippen LogP contribution is 2.17. The van der Waals surface area contributed by atoms with Gasteiger partial charge in [0.15, 0.2) is 0 Å². The summed E-state index contributed by atoms with van der Waals surface area (Å²) in [5.41, 5.74) is 4.30. The maximum absolute atomic E-state index is 2.32. The van der Waals surface area contributed by atoms with E-state index in [1.807, 2.05) is 0 Å². The summed E-state index contributed by atoms with van der Waals surface area (Å²) in [6.45, 7) is 8.76. The molecule has 0 amide bonds. The second-order valence-electron chi connectivity index (χ2n) is 4.21. The first-order valence-corrected chi connectivity index (χ1v) is 5.34. The number of allylic oxidation sites excluding steroid dienone is 2. The van der Waals surface area contributed by atoms with Crippen LogP contribution in [0.4, 0.5) is 0 Å². The Morgan fingerprint density at radius 2 is 2.07 bits per heavy atom. The Labute approximate surface area is 87.7 Å². The molecule has 0 atom stereocenters. The summed E-state index contributed by atoms with van der Waals surface area (Å²) in [5, 5.41) is 0. The van der Waals surface area contributed by atoms with E-state index >= 15 is 0 Å². The van der Waals surface area contributed by atoms with E-state index in [-0.39, 0.29) is 0 Å². The lowest BCUT2D eigenvalue weighted by molar-refractivity contribution is 0.863. The van der Waals surface area contributed by atoms with E-state index < -0.39 is 0 Å². The van der Waals surface area contributed by atoms with Crippen LogP contribution in [0.25, 0.3) is 0 Å². The van der Waals surface area contributed by atoms with E-state index in [9.17, 15) is 0 Å². The fourth-order valence-corrected chi connectivity index (χ4v) is 1.49. The predicted molar refractivity (Wildman–Crippen MR) is 63.7 cm³/mol. The molecule has 0 heteroatoms. The van der Waals surface area contributed by atoms with Gasteiger partial charge in [-0.05, 0) is 37.3 Å². The minimum atomic E-state index is 0.626. The van der Waals surface area contributed by atoms with Crippen LogP contribution >= 0.6 is 0 Å². The van der Waals surface area contributed by atoms with Gasteiger partial charge in [0.1, 0.15) is 0 Å². The summed E-state index contributed by atoms with van der Waals surface area (Å²) < 4.78 is 0. The first kappa shape index (κ1) is 11.0. The van der Waals surface area contributed by atoms with Gasteiger partial charge in [-0.1, -0.05) is 49.8 Å². The van der Waals surface area contributed by atoms with E-state index in [0.29, 0.717) is 5.92 Å². The second kappa shape index (κ2) is 4.99. The summed E-state index contributed by atoms with van der Waals surface area (Å²) in [6.07, 6.45) is 3.26. The molecule has 1 aromatic rings. The molecule has 76 valence electrons. The average Bonchev–Trinajstić information content (AvgIpc) is 2.18. The highest BCUT2D eigenvalue weighted by molar-refractivity contribution is 5.28. The molecule has 0 aliphatic carbocycles. The van der Waals surface area contributed by atoms with Crippen LogP contribution in [-0.2, 0) is 6.42 Å². The number of hydrogen-bond donors (Lipinski definition) is 0. The highest BCUT2D eigenvalue weighted by atomic mass is 14.1. The molecule has 0 aromatic heterocycles. The Morgan fingerprint density at radius 3 is 2.64 bits per heavy atom. The van der Waals surface area contributed by atoms with Crippen molar-refractivity contribution in [1.29, 1.82) is 0 Å². The molecule has 0 heterocycles. The zero-order chi connectivity index (χ0) is 10.6. The van der Waals surface area contributed by atoms with Crippen LogP contribution in [0, 0.1) is 0 Å². The molecule has 0 N–H and O–H groups in total. The molecule has 1 rings (SSSR count). The van der Waals surface area contributed by atoms with Crippen LogP contribution in [-0.4, -0.2) is 0 Å². The standard InChI is InChI=1S/C14H20/c1-5-12(4)9-13-7-6-8-14(10-13)11(2)3/h5-8,10-11H,9H2,1-4H3. The lowest BCUT2D eigenvalue weighted by atomic mass is 9.98. The lowest BCUT2D eigenvalue weighted by Gasteiger charge is -2.08. The largest absolute Gasteiger partial charge is 0.0884 e. The third-order valence-electron chi connectivity index (χ3n) is 2.59. The predicted octanol–water partition coefficient (Wildman–Crippen LogP) is 4.32. The zero-order valence-corrected chi connectivity index (χ0v) is 9.67. The molecule has 0 unspecified atom stereocenters. The van der Waals surface area contributed by atoms with Crippen molar-refractivity contribution in [2.24, 2.45) is 0 Å². The number of hydrogen-bond acceptors (Lipinski definition) is 0. The van der Waals surface area contributed by atoms with E-state index in [1.54, 1.807) is 0 Å². The van der Waals surface area contributed by atoms with E-state index in [0.717, 1.165) is 6.42 Å². The van der Waals surface area contributed by atoms with Gasteiger partial charge in [-0.2, -0.15) is 0 Å². The molecule has 0 aliphatic rings. The van der Waals surface area contributed by atoms with Crippen LogP contribution in [0.2, 0.25) is 0 Å². The van der Waals surface area contributed by atoms with Crippen molar-refractivity contribution in [2.45, 2.75) is 40.0 Å². The van der Waals surface area contributed by atoms with Crippen LogP contribution in [0.3, 0.4) is 0 Å². The normalized spacial score (nSPS) is 12.2. The topological polar surface area (TPSA) is 0 Å². The molecule has 1 aromatic carbocycles. The third-order valence-corrected chi connectivity index (χ3v) is 2.59. The SMILES string of the molecule is CC=C(C)Cc1cccc(C(C)C)c1. The Bertz CT molecular complexity index is 319. The molecular weight excluding hydrogens is 168 g/mol. The van der Waals surface area contributed by atoms with Crippen molar-refractivity contribution in [3.05, 3.63) is 47.0 Å². The molecule has 14 heavy (non-hydrogen) atoms. The van der Waals surface area contributed by atoms with Crippen molar-refractivity contribution in [2.75, 3.05) is 0 Å². The van der Waals surface area contributed by atoms with Crippen LogP contribution in [0.1, 0.15) is 44.7 Å². The van der Waals surface area contributed by atoms with Gasteiger partial charge in [-0.3, -0.25) is 0 Å². The summed E-state index contributed by atoms with van der Waals surface area (Å²) in [7, 11) is 0. The lowest BCUT2D eigenvalue weighted by Crippen LogP contribution is -1.91. The number of rotatable bonds is 3. The second-order valence-corrected chi connectivity index (χ2v) is 4.21. The van der Waals surface area contributed by atoms with Crippen LogP contribution < -0.4 is 0 Å². The maximum atomic E-state index is 2.32. The van der Waals surface area contributed by atoms with Gasteiger partial charge in [0, 0.05) is 0 Å². The summed E-state index contributed by atoms with van der Waals surface area (Å²) in [5.74, 6) is 0.626. The van der Waals surface area contributed by atoms with Gasteiger partial charge in [0.2, 0.25) is 0 Å². The van der Waals surface area contributed by atoms with E-state index in [2.05, 4.69) is 58.0 Å². The molecule has 0 fully saturated rings. The highest BCUT2D eigenvalue weighted by Gasteiger charge is 2.00. The first-order valence-electron chi connectivity index (χ1n) is 5.34. The third kappa shape index (κ3) is 3.02. The molecule has 0 nitrogen and oxygen atoms in total. The number of benzene rings is 1.